The SMILES string of the molecule is C=CC(=O)NC1CCC(c2cnc(-c3ccc(Oc4cccc(F)c4)cc3F)c3c(N)ncnc23)CC1. The van der Waals surface area contributed by atoms with Gasteiger partial charge in [-0.05, 0) is 61.9 Å². The van der Waals surface area contributed by atoms with Gasteiger partial charge in [0.1, 0.15) is 35.3 Å². The molecule has 0 saturated heterocycles. The highest BCUT2D eigenvalue weighted by atomic mass is 19.1. The van der Waals surface area contributed by atoms with Gasteiger partial charge in [-0.25, -0.2) is 18.7 Å². The van der Waals surface area contributed by atoms with Gasteiger partial charge in [0, 0.05) is 35.5 Å². The molecule has 0 atom stereocenters. The summed E-state index contributed by atoms with van der Waals surface area (Å²) in [5, 5.41) is 3.44. The lowest BCUT2D eigenvalue weighted by atomic mass is 9.81. The van der Waals surface area contributed by atoms with Gasteiger partial charge >= 0.3 is 0 Å². The zero-order valence-corrected chi connectivity index (χ0v) is 20.0. The van der Waals surface area contributed by atoms with Crippen molar-refractivity contribution in [3.8, 4) is 22.8 Å². The molecule has 1 aliphatic rings. The molecular weight excluding hydrogens is 476 g/mol. The number of rotatable bonds is 6. The van der Waals surface area contributed by atoms with Crippen molar-refractivity contribution in [2.45, 2.75) is 37.6 Å². The smallest absolute Gasteiger partial charge is 0.243 e. The number of nitrogen functional groups attached to an aromatic ring is 1. The number of halogens is 2. The Morgan fingerprint density at radius 2 is 1.84 bits per heavy atom. The number of fused-ring (bicyclic) bond motifs is 1. The van der Waals surface area contributed by atoms with Crippen LogP contribution in [0.3, 0.4) is 0 Å². The summed E-state index contributed by atoms with van der Waals surface area (Å²) in [6, 6.07) is 10.1. The highest BCUT2D eigenvalue weighted by molar-refractivity contribution is 6.00. The maximum Gasteiger partial charge on any atom is 0.243 e. The van der Waals surface area contributed by atoms with E-state index in [-0.39, 0.29) is 40.7 Å². The van der Waals surface area contributed by atoms with Gasteiger partial charge in [-0.15, -0.1) is 0 Å². The zero-order valence-electron chi connectivity index (χ0n) is 20.0. The summed E-state index contributed by atoms with van der Waals surface area (Å²) in [5.74, 6) is -0.334. The average Bonchev–Trinajstić information content (AvgIpc) is 2.89. The quantitative estimate of drug-likeness (QED) is 0.330. The molecule has 5 rings (SSSR count). The van der Waals surface area contributed by atoms with Gasteiger partial charge in [0.25, 0.3) is 0 Å². The van der Waals surface area contributed by atoms with Crippen LogP contribution in [0.25, 0.3) is 22.2 Å². The van der Waals surface area contributed by atoms with Gasteiger partial charge in [0.05, 0.1) is 16.6 Å². The standard InChI is InChI=1S/C28H25F2N5O2/c1-2-24(36)35-18-8-6-16(7-9-18)22-14-32-26(25-27(22)33-15-34-28(25)31)21-11-10-20(13-23(21)30)37-19-5-3-4-17(29)12-19/h2-5,10-16,18H,1,6-9H2,(H,35,36)(H2,31,33,34). The molecule has 0 spiro atoms. The number of nitrogens with two attached hydrogens (primary N) is 1. The Morgan fingerprint density at radius 1 is 1.05 bits per heavy atom. The largest absolute Gasteiger partial charge is 0.457 e. The summed E-state index contributed by atoms with van der Waals surface area (Å²) in [6.07, 6.45) is 7.71. The third-order valence-electron chi connectivity index (χ3n) is 6.65. The number of ether oxygens (including phenoxy) is 1. The molecule has 3 N–H and O–H groups in total. The molecule has 0 aliphatic heterocycles. The number of amides is 1. The first-order valence-electron chi connectivity index (χ1n) is 12.0. The van der Waals surface area contributed by atoms with E-state index in [0.29, 0.717) is 16.6 Å². The molecule has 1 fully saturated rings. The summed E-state index contributed by atoms with van der Waals surface area (Å²) in [4.78, 5) is 24.9. The molecular formula is C28H25F2N5O2. The topological polar surface area (TPSA) is 103 Å². The van der Waals surface area contributed by atoms with Crippen LogP contribution in [0.1, 0.15) is 37.2 Å². The van der Waals surface area contributed by atoms with Crippen LogP contribution in [0.15, 0.2) is 67.6 Å². The Hall–Kier alpha value is -4.40. The maximum atomic E-state index is 15.3. The molecule has 0 unspecified atom stereocenters. The maximum absolute atomic E-state index is 15.3. The number of carbonyl (C=O) groups is 1. The molecule has 0 radical (unpaired) electrons. The summed E-state index contributed by atoms with van der Waals surface area (Å²) in [7, 11) is 0. The monoisotopic (exact) mass is 501 g/mol. The fourth-order valence-electron chi connectivity index (χ4n) is 4.84. The van der Waals surface area contributed by atoms with Crippen molar-refractivity contribution in [3.05, 3.63) is 84.8 Å². The van der Waals surface area contributed by atoms with E-state index in [2.05, 4.69) is 26.8 Å². The van der Waals surface area contributed by atoms with Crippen LogP contribution in [0.2, 0.25) is 0 Å². The fourth-order valence-corrected chi connectivity index (χ4v) is 4.84. The van der Waals surface area contributed by atoms with E-state index in [4.69, 9.17) is 10.5 Å². The lowest BCUT2D eigenvalue weighted by Crippen LogP contribution is -2.36. The second-order valence-corrected chi connectivity index (χ2v) is 9.01. The molecule has 2 heterocycles. The van der Waals surface area contributed by atoms with Gasteiger partial charge in [0.2, 0.25) is 5.91 Å². The minimum atomic E-state index is -0.572. The Kier molecular flexibility index (Phi) is 6.76. The van der Waals surface area contributed by atoms with Gasteiger partial charge in [-0.1, -0.05) is 12.6 Å². The van der Waals surface area contributed by atoms with Crippen molar-refractivity contribution in [1.29, 1.82) is 0 Å². The Bertz CT molecular complexity index is 1490. The predicted octanol–water partition coefficient (Wildman–Crippen LogP) is 5.67. The number of pyridine rings is 1. The first-order valence-corrected chi connectivity index (χ1v) is 12.0. The van der Waals surface area contributed by atoms with Gasteiger partial charge < -0.3 is 15.8 Å². The number of anilines is 1. The van der Waals surface area contributed by atoms with Gasteiger partial charge in [-0.2, -0.15) is 0 Å². The van der Waals surface area contributed by atoms with Crippen molar-refractivity contribution >= 4 is 22.6 Å². The van der Waals surface area contributed by atoms with Crippen LogP contribution in [-0.2, 0) is 4.79 Å². The molecule has 7 nitrogen and oxygen atoms in total. The minimum absolute atomic E-state index is 0.0992. The molecule has 188 valence electrons. The molecule has 9 heteroatoms. The second-order valence-electron chi connectivity index (χ2n) is 9.01. The van der Waals surface area contributed by atoms with Crippen LogP contribution in [0.5, 0.6) is 11.5 Å². The summed E-state index contributed by atoms with van der Waals surface area (Å²) >= 11 is 0. The zero-order chi connectivity index (χ0) is 25.9. The van der Waals surface area contributed by atoms with Gasteiger partial charge in [0.15, 0.2) is 0 Å². The molecule has 0 bridgehead atoms. The second kappa shape index (κ2) is 10.3. The van der Waals surface area contributed by atoms with E-state index in [1.807, 2.05) is 0 Å². The van der Waals surface area contributed by atoms with Crippen molar-refractivity contribution in [3.63, 3.8) is 0 Å². The van der Waals surface area contributed by atoms with E-state index in [0.717, 1.165) is 31.2 Å². The van der Waals surface area contributed by atoms with Crippen LogP contribution in [0.4, 0.5) is 14.6 Å². The number of aromatic nitrogens is 3. The van der Waals surface area contributed by atoms with Crippen LogP contribution in [0, 0.1) is 11.6 Å². The van der Waals surface area contributed by atoms with E-state index >= 15 is 4.39 Å². The first-order chi connectivity index (χ1) is 17.9. The third kappa shape index (κ3) is 5.11. The van der Waals surface area contributed by atoms with E-state index < -0.39 is 11.6 Å². The fraction of sp³-hybridized carbons (Fsp3) is 0.214. The Balaban J connectivity index is 1.45. The number of benzene rings is 2. The summed E-state index contributed by atoms with van der Waals surface area (Å²) < 4.78 is 34.4. The summed E-state index contributed by atoms with van der Waals surface area (Å²) in [6.45, 7) is 3.50. The van der Waals surface area contributed by atoms with Crippen molar-refractivity contribution in [2.24, 2.45) is 0 Å². The molecule has 37 heavy (non-hydrogen) atoms. The summed E-state index contributed by atoms with van der Waals surface area (Å²) in [5.41, 5.74) is 8.36. The minimum Gasteiger partial charge on any atom is -0.457 e. The molecule has 1 saturated carbocycles. The van der Waals surface area contributed by atoms with Crippen molar-refractivity contribution in [2.75, 3.05) is 5.73 Å². The molecule has 4 aromatic rings. The van der Waals surface area contributed by atoms with Crippen molar-refractivity contribution < 1.29 is 18.3 Å². The van der Waals surface area contributed by atoms with E-state index in [1.165, 1.54) is 36.7 Å². The van der Waals surface area contributed by atoms with Crippen LogP contribution >= 0.6 is 0 Å². The van der Waals surface area contributed by atoms with E-state index in [9.17, 15) is 9.18 Å². The lowest BCUT2D eigenvalue weighted by molar-refractivity contribution is -0.117. The third-order valence-corrected chi connectivity index (χ3v) is 6.65. The number of nitrogens with zero attached hydrogens (tertiary/aromatic N) is 3. The molecule has 2 aromatic carbocycles. The molecule has 1 aliphatic carbocycles. The number of carbonyl (C=O) groups excluding carboxylic acids is 1. The Labute approximate surface area is 212 Å². The number of hydrogen-bond donors (Lipinski definition) is 2. The highest BCUT2D eigenvalue weighted by Crippen LogP contribution is 2.40. The first kappa shape index (κ1) is 24.3. The van der Waals surface area contributed by atoms with Gasteiger partial charge in [-0.3, -0.25) is 9.78 Å². The predicted molar refractivity (Wildman–Crippen MR) is 137 cm³/mol. The number of hydrogen-bond acceptors (Lipinski definition) is 6. The molecule has 2 aromatic heterocycles. The van der Waals surface area contributed by atoms with E-state index in [1.54, 1.807) is 24.4 Å². The number of nitrogens with one attached hydrogen (secondary N) is 1. The molecule has 1 amide bonds. The van der Waals surface area contributed by atoms with Crippen LogP contribution < -0.4 is 15.8 Å². The van der Waals surface area contributed by atoms with Crippen LogP contribution in [-0.4, -0.2) is 26.9 Å². The lowest BCUT2D eigenvalue weighted by Gasteiger charge is -2.29. The normalized spacial score (nSPS) is 17.4. The highest BCUT2D eigenvalue weighted by Gasteiger charge is 2.27. The van der Waals surface area contributed by atoms with Crippen molar-refractivity contribution in [1.82, 2.24) is 20.3 Å². The Morgan fingerprint density at radius 3 is 2.57 bits per heavy atom. The average molecular weight is 502 g/mol.